The second-order valence-corrected chi connectivity index (χ2v) is 8.27. The van der Waals surface area contributed by atoms with E-state index < -0.39 is 12.0 Å². The van der Waals surface area contributed by atoms with Crippen molar-refractivity contribution >= 4 is 11.7 Å². The van der Waals surface area contributed by atoms with Crippen LogP contribution in [0.1, 0.15) is 53.6 Å². The lowest BCUT2D eigenvalue weighted by Gasteiger charge is -2.26. The Morgan fingerprint density at radius 1 is 1.15 bits per heavy atom. The molecule has 0 bridgehead atoms. The summed E-state index contributed by atoms with van der Waals surface area (Å²) in [5.41, 5.74) is 2.70. The first-order valence-electron chi connectivity index (χ1n) is 11.0. The minimum absolute atomic E-state index is 0.0225. The average Bonchev–Trinajstić information content (AvgIpc) is 3.45. The molecule has 0 N–H and O–H groups in total. The van der Waals surface area contributed by atoms with E-state index in [0.717, 1.165) is 22.9 Å². The first kappa shape index (κ1) is 23.8. The zero-order chi connectivity index (χ0) is 24.6. The highest BCUT2D eigenvalue weighted by Gasteiger charge is 2.37. The zero-order valence-electron chi connectivity index (χ0n) is 19.4. The average molecular weight is 477 g/mol. The van der Waals surface area contributed by atoms with Gasteiger partial charge in [-0.2, -0.15) is 18.2 Å². The first-order valence-corrected chi connectivity index (χ1v) is 11.0. The van der Waals surface area contributed by atoms with Crippen molar-refractivity contribution in [1.82, 2.24) is 24.5 Å². The lowest BCUT2D eigenvalue weighted by atomic mass is 10.0. The Balaban J connectivity index is 1.53. The number of amides is 1. The predicted molar refractivity (Wildman–Crippen MR) is 117 cm³/mol. The molecule has 1 amide bonds. The maximum atomic E-state index is 13.2. The van der Waals surface area contributed by atoms with E-state index >= 15 is 0 Å². The summed E-state index contributed by atoms with van der Waals surface area (Å²) in [6.45, 7) is 4.01. The van der Waals surface area contributed by atoms with Crippen LogP contribution in [0.15, 0.2) is 18.2 Å². The summed E-state index contributed by atoms with van der Waals surface area (Å²) in [7, 11) is 3.14. The second-order valence-electron chi connectivity index (χ2n) is 8.27. The summed E-state index contributed by atoms with van der Waals surface area (Å²) in [6.07, 6.45) is -2.38. The summed E-state index contributed by atoms with van der Waals surface area (Å²) < 4.78 is 50.9. The number of hydrogen-bond acceptors (Lipinski definition) is 6. The molecule has 3 aromatic rings. The highest BCUT2D eigenvalue weighted by molar-refractivity contribution is 5.77. The smallest absolute Gasteiger partial charge is 0.453 e. The van der Waals surface area contributed by atoms with E-state index in [-0.39, 0.29) is 24.1 Å². The number of likely N-dealkylation sites (tertiary alicyclic amines) is 1. The van der Waals surface area contributed by atoms with Crippen LogP contribution in [0.3, 0.4) is 0 Å². The van der Waals surface area contributed by atoms with Gasteiger partial charge in [-0.05, 0) is 56.4 Å². The van der Waals surface area contributed by atoms with E-state index in [1.54, 1.807) is 28.1 Å². The Hall–Kier alpha value is -3.37. The molecule has 4 rings (SSSR count). The summed E-state index contributed by atoms with van der Waals surface area (Å²) in [4.78, 5) is 22.7. The van der Waals surface area contributed by atoms with Crippen LogP contribution in [0.25, 0.3) is 5.78 Å². The van der Waals surface area contributed by atoms with E-state index in [4.69, 9.17) is 9.47 Å². The zero-order valence-corrected chi connectivity index (χ0v) is 19.4. The van der Waals surface area contributed by atoms with E-state index in [1.807, 2.05) is 23.1 Å². The first-order chi connectivity index (χ1) is 16.1. The highest BCUT2D eigenvalue weighted by Crippen LogP contribution is 2.37. The SMILES string of the molecule is COc1ccc(C2CCCN2C(=O)CCc2c(C)nc3nc(C(F)(F)F)nn3c2C)cc1OC. The van der Waals surface area contributed by atoms with E-state index in [2.05, 4.69) is 15.1 Å². The van der Waals surface area contributed by atoms with Crippen LogP contribution in [0.4, 0.5) is 13.2 Å². The van der Waals surface area contributed by atoms with Crippen LogP contribution in [-0.4, -0.2) is 51.2 Å². The minimum Gasteiger partial charge on any atom is -0.493 e. The maximum absolute atomic E-state index is 13.2. The summed E-state index contributed by atoms with van der Waals surface area (Å²) in [5.74, 6) is -0.129. The fourth-order valence-corrected chi connectivity index (χ4v) is 4.54. The molecule has 1 unspecified atom stereocenters. The molecule has 3 heterocycles. The Morgan fingerprint density at radius 2 is 1.88 bits per heavy atom. The lowest BCUT2D eigenvalue weighted by Crippen LogP contribution is -2.31. The van der Waals surface area contributed by atoms with Gasteiger partial charge in [0.1, 0.15) is 0 Å². The third-order valence-corrected chi connectivity index (χ3v) is 6.26. The molecular formula is C23H26F3N5O3. The molecule has 0 spiro atoms. The number of aryl methyl sites for hydroxylation is 2. The van der Waals surface area contributed by atoms with Gasteiger partial charge >= 0.3 is 6.18 Å². The number of hydrogen-bond donors (Lipinski definition) is 0. The van der Waals surface area contributed by atoms with Crippen molar-refractivity contribution in [1.29, 1.82) is 0 Å². The second kappa shape index (κ2) is 9.11. The molecule has 0 aliphatic carbocycles. The standard InChI is InChI=1S/C23H26F3N5O3/c1-13-16(14(2)31-22(27-13)28-21(29-31)23(24,25)26)8-10-20(32)30-11-5-6-17(30)15-7-9-18(33-3)19(12-15)34-4/h7,9,12,17H,5-6,8,10-11H2,1-4H3. The van der Waals surface area contributed by atoms with Crippen LogP contribution < -0.4 is 9.47 Å². The Kier molecular flexibility index (Phi) is 6.37. The van der Waals surface area contributed by atoms with Crippen molar-refractivity contribution in [3.63, 3.8) is 0 Å². The van der Waals surface area contributed by atoms with Crippen molar-refractivity contribution in [2.45, 2.75) is 51.7 Å². The van der Waals surface area contributed by atoms with Gasteiger partial charge in [-0.1, -0.05) is 6.07 Å². The Morgan fingerprint density at radius 3 is 2.56 bits per heavy atom. The molecule has 8 nitrogen and oxygen atoms in total. The predicted octanol–water partition coefficient (Wildman–Crippen LogP) is 4.07. The summed E-state index contributed by atoms with van der Waals surface area (Å²) >= 11 is 0. The molecule has 1 saturated heterocycles. The number of fused-ring (bicyclic) bond motifs is 1. The Bertz CT molecular complexity index is 1220. The number of halogens is 3. The van der Waals surface area contributed by atoms with Crippen molar-refractivity contribution in [2.75, 3.05) is 20.8 Å². The third-order valence-electron chi connectivity index (χ3n) is 6.26. The number of carbonyl (C=O) groups is 1. The number of aromatic nitrogens is 4. The molecule has 1 aromatic carbocycles. The van der Waals surface area contributed by atoms with Gasteiger partial charge in [-0.15, -0.1) is 5.10 Å². The topological polar surface area (TPSA) is 81.9 Å². The number of ether oxygens (including phenoxy) is 2. The molecule has 34 heavy (non-hydrogen) atoms. The maximum Gasteiger partial charge on any atom is 0.453 e. The van der Waals surface area contributed by atoms with Gasteiger partial charge in [-0.3, -0.25) is 4.79 Å². The molecule has 0 radical (unpaired) electrons. The van der Waals surface area contributed by atoms with Crippen LogP contribution in [0, 0.1) is 13.8 Å². The van der Waals surface area contributed by atoms with Crippen LogP contribution in [0.2, 0.25) is 0 Å². The van der Waals surface area contributed by atoms with Gasteiger partial charge in [0.2, 0.25) is 5.91 Å². The van der Waals surface area contributed by atoms with Gasteiger partial charge in [0.15, 0.2) is 11.5 Å². The fraction of sp³-hybridized carbons (Fsp3) is 0.478. The van der Waals surface area contributed by atoms with E-state index in [1.165, 1.54) is 0 Å². The van der Waals surface area contributed by atoms with Crippen molar-refractivity contribution in [2.24, 2.45) is 0 Å². The molecule has 1 atom stereocenters. The number of carbonyl (C=O) groups excluding carboxylic acids is 1. The molecule has 1 aliphatic rings. The van der Waals surface area contributed by atoms with Crippen LogP contribution in [-0.2, 0) is 17.4 Å². The van der Waals surface area contributed by atoms with E-state index in [0.29, 0.717) is 41.4 Å². The molecule has 2 aromatic heterocycles. The minimum atomic E-state index is -4.65. The fourth-order valence-electron chi connectivity index (χ4n) is 4.54. The number of methoxy groups -OCH3 is 2. The lowest BCUT2D eigenvalue weighted by molar-refractivity contribution is -0.144. The number of alkyl halides is 3. The highest BCUT2D eigenvalue weighted by atomic mass is 19.4. The monoisotopic (exact) mass is 477 g/mol. The molecule has 1 aliphatic heterocycles. The quantitative estimate of drug-likeness (QED) is 0.532. The van der Waals surface area contributed by atoms with E-state index in [9.17, 15) is 18.0 Å². The summed E-state index contributed by atoms with van der Waals surface area (Å²) in [6, 6.07) is 5.59. The van der Waals surface area contributed by atoms with Crippen molar-refractivity contribution < 1.29 is 27.4 Å². The molecular weight excluding hydrogens is 451 g/mol. The molecule has 11 heteroatoms. The third kappa shape index (κ3) is 4.38. The normalized spacial score (nSPS) is 16.3. The van der Waals surface area contributed by atoms with Gasteiger partial charge in [0.05, 0.1) is 20.3 Å². The molecule has 0 saturated carbocycles. The van der Waals surface area contributed by atoms with Crippen LogP contribution >= 0.6 is 0 Å². The van der Waals surface area contributed by atoms with Gasteiger partial charge in [0.25, 0.3) is 11.6 Å². The van der Waals surface area contributed by atoms with Crippen molar-refractivity contribution in [3.8, 4) is 11.5 Å². The van der Waals surface area contributed by atoms with Crippen molar-refractivity contribution in [3.05, 3.63) is 46.5 Å². The number of rotatable bonds is 6. The van der Waals surface area contributed by atoms with Gasteiger partial charge in [-0.25, -0.2) is 9.50 Å². The van der Waals surface area contributed by atoms with Gasteiger partial charge < -0.3 is 14.4 Å². The summed E-state index contributed by atoms with van der Waals surface area (Å²) in [5, 5.41) is 3.57. The van der Waals surface area contributed by atoms with Gasteiger partial charge in [0, 0.05) is 24.4 Å². The number of benzene rings is 1. The number of nitrogens with zero attached hydrogens (tertiary/aromatic N) is 5. The largest absolute Gasteiger partial charge is 0.493 e. The Labute approximate surface area is 194 Å². The van der Waals surface area contributed by atoms with Crippen LogP contribution in [0.5, 0.6) is 11.5 Å². The molecule has 1 fully saturated rings. The molecule has 182 valence electrons.